The molecule has 28 nitrogen and oxygen atoms in total. The number of hydrogen-bond acceptors (Lipinski definition) is 24. The average Bonchev–Trinajstić information content (AvgIpc) is 0.889. The van der Waals surface area contributed by atoms with Gasteiger partial charge in [-0.3, -0.25) is 4.79 Å². The quantitative estimate of drug-likeness (QED) is 0.0108. The molecule has 6 aromatic carbocycles. The minimum absolute atomic E-state index is 0. The number of aliphatic hydroxyl groups is 3. The van der Waals surface area contributed by atoms with Crippen molar-refractivity contribution < 1.29 is 105 Å². The number of benzene rings is 6. The molecule has 0 spiro atoms. The predicted molar refractivity (Wildman–Crippen MR) is 467 cm³/mol. The van der Waals surface area contributed by atoms with Gasteiger partial charge in [-0.2, -0.15) is 0 Å². The van der Waals surface area contributed by atoms with Gasteiger partial charge >= 0.3 is 17.9 Å². The summed E-state index contributed by atoms with van der Waals surface area (Å²) in [5.41, 5.74) is 20.6. The van der Waals surface area contributed by atoms with Crippen LogP contribution in [0.2, 0.25) is 10.1 Å². The number of azide groups is 2. The lowest BCUT2D eigenvalue weighted by Crippen LogP contribution is -2.68. The highest BCUT2D eigenvalue weighted by atomic mass is 28.4. The van der Waals surface area contributed by atoms with Crippen molar-refractivity contribution in [1.29, 1.82) is 0 Å². The van der Waals surface area contributed by atoms with Gasteiger partial charge in [-0.1, -0.05) is 272 Å². The fourth-order valence-electron chi connectivity index (χ4n) is 19.4. The Labute approximate surface area is 730 Å². The van der Waals surface area contributed by atoms with E-state index >= 15 is 0 Å². The number of aliphatic hydroxyl groups excluding tert-OH is 3. The van der Waals surface area contributed by atoms with Crippen LogP contribution in [0, 0.1) is 47.3 Å². The molecule has 0 radical (unpaired) electrons. The molecule has 0 aliphatic carbocycles. The Hall–Kier alpha value is -7.86. The second-order valence-corrected chi connectivity index (χ2v) is 45.0. The Bertz CT molecular complexity index is 4440. The SMILES string of the molecule is C.CC(=O)OCC1O[C@@H](O[C@@H]2C(CO[Si](c3ccccc3)(c3ccccc3)C(C)(C)C)O[C@@H](OC3C4CC[C@H](O4)C(C)[C@H]3C)C(N=[N+]=[N-])[C@H]2C)C(OC(=O)c2ccccc2)[C@@H](C)[C@@H]1O.CC1[C@@H]2OCC(O2)C(O[C@@H]2OC(CO[Si](c3ccccc3)(c3ccccc3)C(C)(C)C)[C@@H](O[C@@H]3OC(CO)[C@@H](O)[C@H](C)C3OC(=O)c3ccccc3)[C@H](C)C2N=[N+]=[N-])[C@@H]1C. The van der Waals surface area contributed by atoms with Crippen molar-refractivity contribution in [2.45, 2.75) is 269 Å². The van der Waals surface area contributed by atoms with Crippen molar-refractivity contribution in [1.82, 2.24) is 0 Å². The van der Waals surface area contributed by atoms with Crippen LogP contribution in [0.25, 0.3) is 20.9 Å². The molecular weight excluding hydrogens is 1620 g/mol. The maximum atomic E-state index is 13.7. The first-order chi connectivity index (χ1) is 58.9. The maximum Gasteiger partial charge on any atom is 0.338 e. The highest BCUT2D eigenvalue weighted by Gasteiger charge is 2.60. The highest BCUT2D eigenvalue weighted by molar-refractivity contribution is 7.00. The van der Waals surface area contributed by atoms with Gasteiger partial charge in [0.25, 0.3) is 16.6 Å². The first-order valence-electron chi connectivity index (χ1n) is 43.3. The molecule has 8 heterocycles. The van der Waals surface area contributed by atoms with Crippen molar-refractivity contribution in [3.8, 4) is 0 Å². The summed E-state index contributed by atoms with van der Waals surface area (Å²) >= 11 is 0. The predicted octanol–water partition coefficient (Wildman–Crippen LogP) is 12.7. The summed E-state index contributed by atoms with van der Waals surface area (Å²) in [7, 11) is -6.29. The Balaban J connectivity index is 0.000000225. The molecule has 14 unspecified atom stereocenters. The Morgan fingerprint density at radius 2 is 0.774 bits per heavy atom. The van der Waals surface area contributed by atoms with Gasteiger partial charge < -0.3 is 90.5 Å². The topological polar surface area (TPSA) is 357 Å². The van der Waals surface area contributed by atoms with E-state index in [0.717, 1.165) is 33.6 Å². The largest absolute Gasteiger partial charge is 0.463 e. The van der Waals surface area contributed by atoms with Crippen LogP contribution in [0.4, 0.5) is 0 Å². The van der Waals surface area contributed by atoms with E-state index in [1.165, 1.54) is 6.92 Å². The molecule has 6 aromatic rings. The van der Waals surface area contributed by atoms with E-state index in [-0.39, 0.29) is 91.7 Å². The molecule has 8 aliphatic heterocycles. The van der Waals surface area contributed by atoms with Gasteiger partial charge in [0.1, 0.15) is 37.1 Å². The monoisotopic (exact) mass is 1750 g/mol. The minimum atomic E-state index is -3.15. The number of hydrogen-bond donors (Lipinski definition) is 3. The van der Waals surface area contributed by atoms with Crippen molar-refractivity contribution in [2.75, 3.05) is 33.0 Å². The summed E-state index contributed by atoms with van der Waals surface area (Å²) in [6, 6.07) is 56.3. The number of ether oxygens (including phenoxy) is 14. The summed E-state index contributed by atoms with van der Waals surface area (Å²) < 4.78 is 105. The van der Waals surface area contributed by atoms with Gasteiger partial charge in [-0.15, -0.1) is 0 Å². The first-order valence-corrected chi connectivity index (χ1v) is 47.1. The van der Waals surface area contributed by atoms with Crippen LogP contribution >= 0.6 is 0 Å². The lowest BCUT2D eigenvalue weighted by molar-refractivity contribution is -0.342. The van der Waals surface area contributed by atoms with Crippen LogP contribution in [0.3, 0.4) is 0 Å². The molecule has 0 saturated carbocycles. The van der Waals surface area contributed by atoms with Crippen LogP contribution in [0.15, 0.2) is 192 Å². The smallest absolute Gasteiger partial charge is 0.338 e. The lowest BCUT2D eigenvalue weighted by Gasteiger charge is -2.50. The summed E-state index contributed by atoms with van der Waals surface area (Å²) in [5.74, 6) is -3.98. The summed E-state index contributed by atoms with van der Waals surface area (Å²) in [5, 5.41) is 45.1. The molecular formula is C94H126N6O22Si2. The Kier molecular flexibility index (Phi) is 31.9. The van der Waals surface area contributed by atoms with Crippen molar-refractivity contribution >= 4 is 55.3 Å². The molecule has 124 heavy (non-hydrogen) atoms. The van der Waals surface area contributed by atoms with Gasteiger partial charge in [0.2, 0.25) is 0 Å². The number of carbonyl (C=O) groups is 3. The highest BCUT2D eigenvalue weighted by Crippen LogP contribution is 2.48. The van der Waals surface area contributed by atoms with E-state index in [0.29, 0.717) is 17.7 Å². The Morgan fingerprint density at radius 1 is 0.419 bits per heavy atom. The van der Waals surface area contributed by atoms with Gasteiger partial charge in [-0.05, 0) is 109 Å². The average molecular weight is 1750 g/mol. The van der Waals surface area contributed by atoms with E-state index in [9.17, 15) is 40.8 Å². The number of esters is 3. The summed E-state index contributed by atoms with van der Waals surface area (Å²) in [4.78, 5) is 45.7. The second kappa shape index (κ2) is 41.5. The van der Waals surface area contributed by atoms with Gasteiger partial charge in [0.05, 0.1) is 98.5 Å². The number of carbonyl (C=O) groups excluding carboxylic acids is 3. The van der Waals surface area contributed by atoms with Crippen molar-refractivity contribution in [3.05, 3.63) is 214 Å². The fourth-order valence-corrected chi connectivity index (χ4v) is 28.6. The standard InChI is InChI=1S/C48H63N3O11Si.C45H59N3O11Si.CH4/c1-28-29(2)42(37-25-24-36(28)57-37)61-46-40(50-51-49)30(3)43(39(59-46)27-56-63(48(6,7)8,34-20-14-10-15-21-34)35-22-16-11-17-23-35)62-47-44(60-45(54)33-18-12-9-13-19-33)31(4)41(53)38(58-47)26-55-32(5)52;1-26-27(2)42-52-24-34(55-42)38(26)58-43-36(47-48-46)28(3)39(59-44-40(29(4)37(50)33(23-49)54-44)57-41(51)30-17-11-8-12-18-30)35(56-43)25-53-60(45(5,6)7,31-19-13-9-14-20-31)32-21-15-10-16-22-32;/h9-23,28-31,36-44,46-47,53H,24-27H2,1-8H3;8-22,26-29,33-40,42-44,49-50H,23-25H2,1-7H3;1H4/t28?,29-,30-,31+,36+,37?,38?,39?,40?,41+,42?,43+,44?,46+,47+;26-,27?,28-,29+,33?,34?,35?,36?,37+,38?,39+,40?,42-,43+,44+;/m11./s1. The van der Waals surface area contributed by atoms with Gasteiger partial charge in [-0.25, -0.2) is 9.59 Å². The molecule has 8 saturated heterocycles. The van der Waals surface area contributed by atoms with E-state index in [2.05, 4.69) is 138 Å². The number of nitrogens with zero attached hydrogens (tertiary/aromatic N) is 6. The van der Waals surface area contributed by atoms with Gasteiger partial charge in [0.15, 0.2) is 43.7 Å². The third-order valence-corrected chi connectivity index (χ3v) is 36.8. The maximum absolute atomic E-state index is 13.7. The fraction of sp³-hybridized carbons (Fsp3) is 0.585. The molecule has 0 aromatic heterocycles. The van der Waals surface area contributed by atoms with E-state index in [1.807, 2.05) is 86.6 Å². The summed E-state index contributed by atoms with van der Waals surface area (Å²) in [6.07, 6.45) is -14.4. The number of fused-ring (bicyclic) bond motifs is 4. The molecule has 672 valence electrons. The minimum Gasteiger partial charge on any atom is -0.463 e. The molecule has 3 N–H and O–H groups in total. The number of rotatable bonds is 27. The second-order valence-electron chi connectivity index (χ2n) is 36.4. The molecule has 8 aliphatic rings. The third kappa shape index (κ3) is 20.2. The van der Waals surface area contributed by atoms with Crippen LogP contribution in [0.5, 0.6) is 0 Å². The summed E-state index contributed by atoms with van der Waals surface area (Å²) in [6.45, 7) is 29.8. The van der Waals surface area contributed by atoms with E-state index in [4.69, 9.17) is 75.2 Å². The molecule has 14 rings (SSSR count). The van der Waals surface area contributed by atoms with Crippen molar-refractivity contribution in [3.63, 3.8) is 0 Å². The lowest BCUT2D eigenvalue weighted by atomic mass is 9.84. The molecule has 0 amide bonds. The zero-order valence-corrected chi connectivity index (χ0v) is 74.9. The van der Waals surface area contributed by atoms with Crippen LogP contribution in [-0.4, -0.2) is 218 Å². The first kappa shape index (κ1) is 95.3. The van der Waals surface area contributed by atoms with Crippen LogP contribution in [-0.2, 0) is 80.0 Å². The van der Waals surface area contributed by atoms with E-state index in [1.54, 1.807) is 74.5 Å². The van der Waals surface area contributed by atoms with Crippen LogP contribution in [0.1, 0.15) is 145 Å². The molecule has 30 heteroatoms. The Morgan fingerprint density at radius 3 is 1.16 bits per heavy atom. The molecule has 4 bridgehead atoms. The van der Waals surface area contributed by atoms with Crippen molar-refractivity contribution in [2.24, 2.45) is 57.6 Å². The van der Waals surface area contributed by atoms with Crippen LogP contribution < -0.4 is 20.7 Å². The molecule has 30 atom stereocenters. The van der Waals surface area contributed by atoms with Gasteiger partial charge in [0, 0.05) is 34.5 Å². The third-order valence-electron chi connectivity index (χ3n) is 26.7. The zero-order chi connectivity index (χ0) is 87.8. The van der Waals surface area contributed by atoms with E-state index < -0.39 is 169 Å². The normalized spacial score (nSPS) is 34.7. The zero-order valence-electron chi connectivity index (χ0n) is 72.9. The molecule has 8 fully saturated rings.